The molecule has 0 amide bonds. The van der Waals surface area contributed by atoms with Gasteiger partial charge in [0.15, 0.2) is 0 Å². The SMILES string of the molecule is C1=CCC2(C=CC2)CCC1. The highest BCUT2D eigenvalue weighted by atomic mass is 14.3. The zero-order valence-corrected chi connectivity index (χ0v) is 6.34. The Hall–Kier alpha value is -0.520. The fraction of sp³-hybridized carbons (Fsp3) is 0.600. The van der Waals surface area contributed by atoms with Gasteiger partial charge in [-0.2, -0.15) is 0 Å². The monoisotopic (exact) mass is 134 g/mol. The van der Waals surface area contributed by atoms with Crippen molar-refractivity contribution in [3.63, 3.8) is 0 Å². The van der Waals surface area contributed by atoms with Crippen molar-refractivity contribution in [2.24, 2.45) is 5.41 Å². The molecule has 0 heteroatoms. The van der Waals surface area contributed by atoms with Crippen molar-refractivity contribution in [2.75, 3.05) is 0 Å². The Morgan fingerprint density at radius 3 is 2.50 bits per heavy atom. The fourth-order valence-electron chi connectivity index (χ4n) is 1.90. The summed E-state index contributed by atoms with van der Waals surface area (Å²) in [5.74, 6) is 0. The van der Waals surface area contributed by atoms with Gasteiger partial charge < -0.3 is 0 Å². The first-order valence-electron chi connectivity index (χ1n) is 4.24. The average Bonchev–Trinajstić information content (AvgIpc) is 2.08. The smallest absolute Gasteiger partial charge is 0.00492 e. The van der Waals surface area contributed by atoms with E-state index in [1.807, 2.05) is 0 Å². The van der Waals surface area contributed by atoms with E-state index in [0.717, 1.165) is 0 Å². The van der Waals surface area contributed by atoms with E-state index in [9.17, 15) is 0 Å². The van der Waals surface area contributed by atoms with Crippen LogP contribution >= 0.6 is 0 Å². The third kappa shape index (κ3) is 0.920. The second kappa shape index (κ2) is 2.26. The summed E-state index contributed by atoms with van der Waals surface area (Å²) in [5, 5.41) is 0. The second-order valence-electron chi connectivity index (χ2n) is 3.54. The van der Waals surface area contributed by atoms with Crippen molar-refractivity contribution >= 4 is 0 Å². The summed E-state index contributed by atoms with van der Waals surface area (Å²) in [6.45, 7) is 0. The van der Waals surface area contributed by atoms with E-state index >= 15 is 0 Å². The topological polar surface area (TPSA) is 0 Å². The summed E-state index contributed by atoms with van der Waals surface area (Å²) in [6.07, 6.45) is 16.1. The number of rotatable bonds is 0. The molecule has 2 rings (SSSR count). The molecular formula is C10H14. The summed E-state index contributed by atoms with van der Waals surface area (Å²) in [7, 11) is 0. The van der Waals surface area contributed by atoms with Crippen molar-refractivity contribution in [1.82, 2.24) is 0 Å². The predicted molar refractivity (Wildman–Crippen MR) is 43.8 cm³/mol. The third-order valence-electron chi connectivity index (χ3n) is 2.73. The standard InChI is InChI=1S/C10H14/c1-2-4-7-10(6-3-1)8-5-9-10/h1,3,5,8H,2,4,6-7,9H2. The molecule has 0 fully saturated rings. The molecule has 0 nitrogen and oxygen atoms in total. The molecule has 1 spiro atoms. The first kappa shape index (κ1) is 6.21. The molecule has 0 N–H and O–H groups in total. The van der Waals surface area contributed by atoms with Crippen LogP contribution in [0.5, 0.6) is 0 Å². The lowest BCUT2D eigenvalue weighted by Crippen LogP contribution is -2.21. The summed E-state index contributed by atoms with van der Waals surface area (Å²) in [5.41, 5.74) is 0.618. The zero-order valence-electron chi connectivity index (χ0n) is 6.34. The first-order valence-corrected chi connectivity index (χ1v) is 4.24. The Bertz CT molecular complexity index is 176. The van der Waals surface area contributed by atoms with Gasteiger partial charge in [-0.05, 0) is 37.5 Å². The van der Waals surface area contributed by atoms with E-state index in [1.54, 1.807) is 0 Å². The Balaban J connectivity index is 2.08. The highest BCUT2D eigenvalue weighted by Gasteiger charge is 2.29. The summed E-state index contributed by atoms with van der Waals surface area (Å²) >= 11 is 0. The number of hydrogen-bond donors (Lipinski definition) is 0. The lowest BCUT2D eigenvalue weighted by molar-refractivity contribution is 0.323. The quantitative estimate of drug-likeness (QED) is 0.447. The second-order valence-corrected chi connectivity index (χ2v) is 3.54. The van der Waals surface area contributed by atoms with E-state index < -0.39 is 0 Å². The summed E-state index contributed by atoms with van der Waals surface area (Å²) < 4.78 is 0. The maximum Gasteiger partial charge on any atom is -0.00492 e. The Kier molecular flexibility index (Phi) is 1.40. The zero-order chi connectivity index (χ0) is 6.86. The molecule has 2 aliphatic rings. The molecular weight excluding hydrogens is 120 g/mol. The highest BCUT2D eigenvalue weighted by Crippen LogP contribution is 2.43. The Labute approximate surface area is 62.6 Å². The van der Waals surface area contributed by atoms with Crippen LogP contribution in [0.4, 0.5) is 0 Å². The molecule has 0 saturated heterocycles. The fourth-order valence-corrected chi connectivity index (χ4v) is 1.90. The van der Waals surface area contributed by atoms with Gasteiger partial charge in [0.2, 0.25) is 0 Å². The van der Waals surface area contributed by atoms with Crippen molar-refractivity contribution in [1.29, 1.82) is 0 Å². The molecule has 0 bridgehead atoms. The van der Waals surface area contributed by atoms with Crippen LogP contribution in [0.25, 0.3) is 0 Å². The van der Waals surface area contributed by atoms with E-state index in [4.69, 9.17) is 0 Å². The van der Waals surface area contributed by atoms with Crippen LogP contribution in [0.2, 0.25) is 0 Å². The normalized spacial score (nSPS) is 37.6. The molecule has 1 unspecified atom stereocenters. The summed E-state index contributed by atoms with van der Waals surface area (Å²) in [6, 6.07) is 0. The third-order valence-corrected chi connectivity index (χ3v) is 2.73. The van der Waals surface area contributed by atoms with E-state index in [1.165, 1.54) is 32.1 Å². The van der Waals surface area contributed by atoms with Crippen molar-refractivity contribution in [3.05, 3.63) is 24.3 Å². The van der Waals surface area contributed by atoms with Crippen LogP contribution in [0.1, 0.15) is 32.1 Å². The first-order chi connectivity index (χ1) is 4.91. The van der Waals surface area contributed by atoms with E-state index in [-0.39, 0.29) is 0 Å². The van der Waals surface area contributed by atoms with Crippen LogP contribution in [0.15, 0.2) is 24.3 Å². The Morgan fingerprint density at radius 2 is 1.80 bits per heavy atom. The van der Waals surface area contributed by atoms with Gasteiger partial charge in [0.1, 0.15) is 0 Å². The van der Waals surface area contributed by atoms with Gasteiger partial charge in [-0.15, -0.1) is 0 Å². The Morgan fingerprint density at radius 1 is 1.00 bits per heavy atom. The number of hydrogen-bond acceptors (Lipinski definition) is 0. The van der Waals surface area contributed by atoms with Crippen LogP contribution in [-0.4, -0.2) is 0 Å². The molecule has 0 aliphatic heterocycles. The van der Waals surface area contributed by atoms with Gasteiger partial charge in [-0.1, -0.05) is 24.3 Å². The van der Waals surface area contributed by atoms with Crippen LogP contribution in [0, 0.1) is 5.41 Å². The molecule has 0 aromatic carbocycles. The molecule has 10 heavy (non-hydrogen) atoms. The maximum atomic E-state index is 2.41. The minimum absolute atomic E-state index is 0.618. The van der Waals surface area contributed by atoms with E-state index in [0.29, 0.717) is 5.41 Å². The average molecular weight is 134 g/mol. The lowest BCUT2D eigenvalue weighted by atomic mass is 9.71. The molecule has 0 heterocycles. The largest absolute Gasteiger partial charge is 0.0885 e. The van der Waals surface area contributed by atoms with Crippen molar-refractivity contribution < 1.29 is 0 Å². The van der Waals surface area contributed by atoms with Crippen molar-refractivity contribution in [2.45, 2.75) is 32.1 Å². The molecule has 2 aliphatic carbocycles. The summed E-state index contributed by atoms with van der Waals surface area (Å²) in [4.78, 5) is 0. The molecule has 0 radical (unpaired) electrons. The van der Waals surface area contributed by atoms with Crippen LogP contribution in [-0.2, 0) is 0 Å². The van der Waals surface area contributed by atoms with E-state index in [2.05, 4.69) is 24.3 Å². The highest BCUT2D eigenvalue weighted by molar-refractivity contribution is 5.16. The van der Waals surface area contributed by atoms with Gasteiger partial charge in [0.25, 0.3) is 0 Å². The van der Waals surface area contributed by atoms with Gasteiger partial charge in [-0.25, -0.2) is 0 Å². The van der Waals surface area contributed by atoms with Gasteiger partial charge in [0, 0.05) is 0 Å². The molecule has 54 valence electrons. The molecule has 0 aromatic heterocycles. The van der Waals surface area contributed by atoms with Crippen molar-refractivity contribution in [3.8, 4) is 0 Å². The van der Waals surface area contributed by atoms with Crippen LogP contribution in [0.3, 0.4) is 0 Å². The molecule has 0 aromatic rings. The predicted octanol–water partition coefficient (Wildman–Crippen LogP) is 3.06. The number of allylic oxidation sites excluding steroid dienone is 4. The minimum atomic E-state index is 0.618. The van der Waals surface area contributed by atoms with Crippen LogP contribution < -0.4 is 0 Å². The van der Waals surface area contributed by atoms with Gasteiger partial charge in [-0.3, -0.25) is 0 Å². The minimum Gasteiger partial charge on any atom is -0.0885 e. The molecule has 0 saturated carbocycles. The maximum absolute atomic E-state index is 2.41. The van der Waals surface area contributed by atoms with Gasteiger partial charge >= 0.3 is 0 Å². The van der Waals surface area contributed by atoms with Gasteiger partial charge in [0.05, 0.1) is 0 Å². The lowest BCUT2D eigenvalue weighted by Gasteiger charge is -2.34. The molecule has 1 atom stereocenters.